The van der Waals surface area contributed by atoms with Crippen LogP contribution in [-0.4, -0.2) is 26.4 Å². The van der Waals surface area contributed by atoms with Crippen LogP contribution in [0.3, 0.4) is 0 Å². The normalized spacial score (nSPS) is 16.3. The maximum Gasteiger partial charge on any atom is 0.313 e. The molecule has 0 spiro atoms. The summed E-state index contributed by atoms with van der Waals surface area (Å²) >= 11 is 13.4. The summed E-state index contributed by atoms with van der Waals surface area (Å²) in [5.74, 6) is -0.239. The van der Waals surface area contributed by atoms with Crippen LogP contribution in [0.4, 0.5) is 0 Å². The number of hydrogen-bond acceptors (Lipinski definition) is 3. The second-order valence-corrected chi connectivity index (χ2v) is 7.04. The predicted molar refractivity (Wildman–Crippen MR) is 85.5 cm³/mol. The average Bonchev–Trinajstić information content (AvgIpc) is 3.20. The van der Waals surface area contributed by atoms with E-state index < -0.39 is 5.97 Å². The first-order valence-corrected chi connectivity index (χ1v) is 8.43. The van der Waals surface area contributed by atoms with Gasteiger partial charge < -0.3 is 9.67 Å². The smallest absolute Gasteiger partial charge is 0.313 e. The van der Waals surface area contributed by atoms with Crippen LogP contribution >= 0.6 is 35.0 Å². The summed E-state index contributed by atoms with van der Waals surface area (Å²) in [7, 11) is 0. The van der Waals surface area contributed by atoms with Crippen molar-refractivity contribution in [3.05, 3.63) is 22.2 Å². The molecule has 0 saturated heterocycles. The molecule has 2 aromatic rings. The van der Waals surface area contributed by atoms with Crippen molar-refractivity contribution in [1.29, 1.82) is 0 Å². The van der Waals surface area contributed by atoms with Crippen molar-refractivity contribution < 1.29 is 9.90 Å². The minimum Gasteiger partial charge on any atom is -0.481 e. The number of thioether (sulfide) groups is 1. The molecule has 4 nitrogen and oxygen atoms in total. The molecule has 0 radical (unpaired) electrons. The van der Waals surface area contributed by atoms with Gasteiger partial charge in [-0.3, -0.25) is 4.79 Å². The lowest BCUT2D eigenvalue weighted by Crippen LogP contribution is -2.09. The largest absolute Gasteiger partial charge is 0.481 e. The van der Waals surface area contributed by atoms with Gasteiger partial charge in [-0.25, -0.2) is 4.98 Å². The maximum absolute atomic E-state index is 10.8. The molecule has 1 aromatic heterocycles. The molecule has 1 saturated carbocycles. The molecule has 1 heterocycles. The number of benzene rings is 1. The number of carboxylic acid groups (broad SMARTS) is 1. The molecule has 21 heavy (non-hydrogen) atoms. The summed E-state index contributed by atoms with van der Waals surface area (Å²) < 4.78 is 2.10. The average molecular weight is 345 g/mol. The van der Waals surface area contributed by atoms with Gasteiger partial charge in [0.05, 0.1) is 26.8 Å². The van der Waals surface area contributed by atoms with E-state index >= 15 is 0 Å². The third kappa shape index (κ3) is 3.00. The number of aliphatic carboxylic acids is 1. The summed E-state index contributed by atoms with van der Waals surface area (Å²) in [6, 6.07) is 3.83. The number of halogens is 2. The molecule has 1 aromatic carbocycles. The lowest BCUT2D eigenvalue weighted by molar-refractivity contribution is -0.133. The van der Waals surface area contributed by atoms with E-state index in [-0.39, 0.29) is 11.8 Å². The summed E-state index contributed by atoms with van der Waals surface area (Å²) in [5.41, 5.74) is 1.67. The van der Waals surface area contributed by atoms with Crippen LogP contribution < -0.4 is 0 Å². The van der Waals surface area contributed by atoms with Crippen LogP contribution in [0.5, 0.6) is 0 Å². The highest BCUT2D eigenvalue weighted by Gasteiger charge is 2.32. The standard InChI is InChI=1S/C14H14Cl2N2O2S/c1-7(8-2-3-8)18-12-5-10(16)9(15)4-11(12)17-14(18)21-6-13(19)20/h4-5,7-8H,2-3,6H2,1H3,(H,19,20). The number of carboxylic acids is 1. The Hall–Kier alpha value is -0.910. The molecule has 0 amide bonds. The Kier molecular flexibility index (Phi) is 4.08. The Morgan fingerprint density at radius 2 is 2.14 bits per heavy atom. The lowest BCUT2D eigenvalue weighted by atomic mass is 10.2. The Morgan fingerprint density at radius 1 is 1.48 bits per heavy atom. The van der Waals surface area contributed by atoms with Crippen molar-refractivity contribution in [2.24, 2.45) is 5.92 Å². The second-order valence-electron chi connectivity index (χ2n) is 5.28. The Balaban J connectivity index is 2.10. The number of rotatable bonds is 5. The molecule has 0 bridgehead atoms. The quantitative estimate of drug-likeness (QED) is 0.811. The monoisotopic (exact) mass is 344 g/mol. The van der Waals surface area contributed by atoms with Gasteiger partial charge in [-0.15, -0.1) is 0 Å². The van der Waals surface area contributed by atoms with Gasteiger partial charge in [0, 0.05) is 6.04 Å². The van der Waals surface area contributed by atoms with Crippen molar-refractivity contribution in [3.8, 4) is 0 Å². The Bertz CT molecular complexity index is 713. The molecule has 1 atom stereocenters. The van der Waals surface area contributed by atoms with Crippen LogP contribution in [0.15, 0.2) is 17.3 Å². The van der Waals surface area contributed by atoms with E-state index in [1.54, 1.807) is 6.07 Å². The number of carbonyl (C=O) groups is 1. The van der Waals surface area contributed by atoms with Gasteiger partial charge in [0.1, 0.15) is 0 Å². The summed E-state index contributed by atoms with van der Waals surface area (Å²) in [5, 5.41) is 10.6. The highest BCUT2D eigenvalue weighted by molar-refractivity contribution is 7.99. The van der Waals surface area contributed by atoms with Crippen LogP contribution in [0.2, 0.25) is 10.0 Å². The second kappa shape index (κ2) is 5.71. The Morgan fingerprint density at radius 3 is 2.76 bits per heavy atom. The first-order valence-electron chi connectivity index (χ1n) is 6.69. The molecule has 0 aliphatic heterocycles. The van der Waals surface area contributed by atoms with Crippen molar-refractivity contribution in [2.75, 3.05) is 5.75 Å². The van der Waals surface area contributed by atoms with Crippen molar-refractivity contribution in [2.45, 2.75) is 31.0 Å². The number of aromatic nitrogens is 2. The van der Waals surface area contributed by atoms with Crippen LogP contribution in [0.1, 0.15) is 25.8 Å². The van der Waals surface area contributed by atoms with Gasteiger partial charge in [-0.2, -0.15) is 0 Å². The fourth-order valence-corrected chi connectivity index (χ4v) is 3.61. The Labute approximate surface area is 136 Å². The van der Waals surface area contributed by atoms with Crippen molar-refractivity contribution in [3.63, 3.8) is 0 Å². The summed E-state index contributed by atoms with van der Waals surface area (Å²) in [4.78, 5) is 15.4. The highest BCUT2D eigenvalue weighted by Crippen LogP contribution is 2.43. The fraction of sp³-hybridized carbons (Fsp3) is 0.429. The van der Waals surface area contributed by atoms with Crippen LogP contribution in [0, 0.1) is 5.92 Å². The zero-order valence-corrected chi connectivity index (χ0v) is 13.7. The van der Waals surface area contributed by atoms with E-state index in [4.69, 9.17) is 28.3 Å². The number of imidazole rings is 1. The third-order valence-electron chi connectivity index (χ3n) is 3.74. The fourth-order valence-electron chi connectivity index (χ4n) is 2.48. The number of hydrogen-bond donors (Lipinski definition) is 1. The van der Waals surface area contributed by atoms with Gasteiger partial charge in [0.25, 0.3) is 0 Å². The zero-order valence-electron chi connectivity index (χ0n) is 11.3. The molecule has 1 aliphatic carbocycles. The summed E-state index contributed by atoms with van der Waals surface area (Å²) in [6.07, 6.45) is 2.40. The molecule has 1 N–H and O–H groups in total. The summed E-state index contributed by atoms with van der Waals surface area (Å²) in [6.45, 7) is 2.14. The molecular weight excluding hydrogens is 331 g/mol. The van der Waals surface area contributed by atoms with E-state index in [1.165, 1.54) is 24.6 Å². The highest BCUT2D eigenvalue weighted by atomic mass is 35.5. The minimum absolute atomic E-state index is 0.0117. The molecule has 1 fully saturated rings. The molecule has 7 heteroatoms. The van der Waals surface area contributed by atoms with Gasteiger partial charge in [0.2, 0.25) is 0 Å². The molecule has 3 rings (SSSR count). The van der Waals surface area contributed by atoms with Gasteiger partial charge in [0.15, 0.2) is 5.16 Å². The number of fused-ring (bicyclic) bond motifs is 1. The van der Waals surface area contributed by atoms with E-state index in [1.807, 2.05) is 6.07 Å². The van der Waals surface area contributed by atoms with Crippen LogP contribution in [-0.2, 0) is 4.79 Å². The lowest BCUT2D eigenvalue weighted by Gasteiger charge is -2.16. The predicted octanol–water partition coefficient (Wildman–Crippen LogP) is 4.49. The molecule has 1 unspecified atom stereocenters. The topological polar surface area (TPSA) is 55.1 Å². The zero-order chi connectivity index (χ0) is 15.1. The molecule has 112 valence electrons. The third-order valence-corrected chi connectivity index (χ3v) is 5.40. The van der Waals surface area contributed by atoms with Gasteiger partial charge in [-0.05, 0) is 37.8 Å². The number of nitrogens with zero attached hydrogens (tertiary/aromatic N) is 2. The van der Waals surface area contributed by atoms with E-state index in [2.05, 4.69) is 16.5 Å². The maximum atomic E-state index is 10.8. The first kappa shape index (κ1) is 15.0. The molecular formula is C14H14Cl2N2O2S. The van der Waals surface area contributed by atoms with Gasteiger partial charge >= 0.3 is 5.97 Å². The van der Waals surface area contributed by atoms with Crippen molar-refractivity contribution in [1.82, 2.24) is 9.55 Å². The SMILES string of the molecule is CC(C1CC1)n1c(SCC(=O)O)nc2cc(Cl)c(Cl)cc21. The first-order chi connectivity index (χ1) is 9.97. The molecule has 1 aliphatic rings. The van der Waals surface area contributed by atoms with Crippen LogP contribution in [0.25, 0.3) is 11.0 Å². The minimum atomic E-state index is -0.853. The van der Waals surface area contributed by atoms with E-state index in [0.717, 1.165) is 11.0 Å². The van der Waals surface area contributed by atoms with E-state index in [0.29, 0.717) is 21.1 Å². The van der Waals surface area contributed by atoms with Crippen molar-refractivity contribution >= 4 is 52.0 Å². The van der Waals surface area contributed by atoms with Gasteiger partial charge in [-0.1, -0.05) is 35.0 Å². The van der Waals surface area contributed by atoms with E-state index in [9.17, 15) is 4.79 Å².